The van der Waals surface area contributed by atoms with Crippen LogP contribution in [0.3, 0.4) is 0 Å². The molecule has 1 fully saturated rings. The van der Waals surface area contributed by atoms with Crippen molar-refractivity contribution in [3.8, 4) is 0 Å². The van der Waals surface area contributed by atoms with Crippen LogP contribution in [0.5, 0.6) is 0 Å². The molecule has 2 aromatic carbocycles. The number of aliphatic carboxylic acids is 1. The number of carbonyl (C=O) groups excluding carboxylic acids is 1. The van der Waals surface area contributed by atoms with E-state index in [4.69, 9.17) is 9.90 Å². The maximum Gasteiger partial charge on any atom is 0.490 e. The molecule has 2 aliphatic rings. The van der Waals surface area contributed by atoms with Crippen LogP contribution in [0, 0.1) is 0 Å². The van der Waals surface area contributed by atoms with E-state index in [1.165, 1.54) is 24.0 Å². The van der Waals surface area contributed by atoms with E-state index in [2.05, 4.69) is 34.5 Å². The van der Waals surface area contributed by atoms with Crippen molar-refractivity contribution in [2.75, 3.05) is 23.3 Å². The zero-order valence-electron chi connectivity index (χ0n) is 16.3. The van der Waals surface area contributed by atoms with Gasteiger partial charge in [0.05, 0.1) is 17.3 Å². The molecule has 8 heteroatoms. The third-order valence-electron chi connectivity index (χ3n) is 5.30. The first kappa shape index (κ1) is 21.7. The van der Waals surface area contributed by atoms with Crippen molar-refractivity contribution >= 4 is 23.3 Å². The van der Waals surface area contributed by atoms with Crippen molar-refractivity contribution < 1.29 is 27.9 Å². The highest BCUT2D eigenvalue weighted by atomic mass is 19.4. The number of para-hydroxylation sites is 2. The Morgan fingerprint density at radius 2 is 1.60 bits per heavy atom. The Bertz CT molecular complexity index is 908. The second-order valence-corrected chi connectivity index (χ2v) is 7.29. The standard InChI is InChI=1S/C20H22N2O.C2HF3O2/c23-20(17-12-11-15-7-1-2-8-16(15)17)21-18-9-3-4-10-19(18)22-13-5-6-14-22;3-2(4,5)1(6)7/h1-4,7-10,17H,5-6,11-14H2,(H,21,23);(H,6,7). The van der Waals surface area contributed by atoms with Gasteiger partial charge in [-0.15, -0.1) is 0 Å². The summed E-state index contributed by atoms with van der Waals surface area (Å²) < 4.78 is 31.7. The molecule has 0 aromatic heterocycles. The minimum atomic E-state index is -5.08. The van der Waals surface area contributed by atoms with E-state index in [1.807, 2.05) is 24.3 Å². The average Bonchev–Trinajstić information content (AvgIpc) is 3.38. The number of rotatable bonds is 3. The summed E-state index contributed by atoms with van der Waals surface area (Å²) >= 11 is 0. The molecule has 160 valence electrons. The Morgan fingerprint density at radius 1 is 1.00 bits per heavy atom. The SMILES string of the molecule is O=C(Nc1ccccc1N1CCCC1)C1CCc2ccccc21.O=C(O)C(F)(F)F. The maximum atomic E-state index is 12.8. The number of carboxylic acids is 1. The first-order chi connectivity index (χ1) is 14.3. The summed E-state index contributed by atoms with van der Waals surface area (Å²) in [6.45, 7) is 2.16. The van der Waals surface area contributed by atoms with E-state index in [-0.39, 0.29) is 11.8 Å². The molecule has 2 aromatic rings. The molecule has 1 aliphatic heterocycles. The van der Waals surface area contributed by atoms with Crippen LogP contribution in [0.15, 0.2) is 48.5 Å². The van der Waals surface area contributed by atoms with Gasteiger partial charge in [-0.2, -0.15) is 13.2 Å². The van der Waals surface area contributed by atoms with Gasteiger partial charge in [0.2, 0.25) is 5.91 Å². The summed E-state index contributed by atoms with van der Waals surface area (Å²) in [7, 11) is 0. The van der Waals surface area contributed by atoms with Gasteiger partial charge in [0.25, 0.3) is 0 Å². The first-order valence-corrected chi connectivity index (χ1v) is 9.80. The van der Waals surface area contributed by atoms with E-state index in [9.17, 15) is 18.0 Å². The zero-order chi connectivity index (χ0) is 21.7. The minimum absolute atomic E-state index is 0.0159. The van der Waals surface area contributed by atoms with Crippen LogP contribution in [0.4, 0.5) is 24.5 Å². The molecule has 30 heavy (non-hydrogen) atoms. The van der Waals surface area contributed by atoms with Crippen LogP contribution in [0.25, 0.3) is 0 Å². The van der Waals surface area contributed by atoms with Gasteiger partial charge in [0, 0.05) is 13.1 Å². The highest BCUT2D eigenvalue weighted by Crippen LogP contribution is 2.35. The fourth-order valence-electron chi connectivity index (χ4n) is 3.86. The number of benzene rings is 2. The minimum Gasteiger partial charge on any atom is -0.475 e. The van der Waals surface area contributed by atoms with Gasteiger partial charge in [-0.25, -0.2) is 4.79 Å². The lowest BCUT2D eigenvalue weighted by Crippen LogP contribution is -2.23. The smallest absolute Gasteiger partial charge is 0.475 e. The molecule has 1 amide bonds. The molecule has 0 spiro atoms. The number of halogens is 3. The Balaban J connectivity index is 0.000000318. The van der Waals surface area contributed by atoms with Gasteiger partial charge in [-0.05, 0) is 48.9 Å². The van der Waals surface area contributed by atoms with Crippen molar-refractivity contribution in [2.45, 2.75) is 37.8 Å². The Morgan fingerprint density at radius 3 is 2.27 bits per heavy atom. The zero-order valence-corrected chi connectivity index (χ0v) is 16.3. The van der Waals surface area contributed by atoms with Crippen LogP contribution < -0.4 is 10.2 Å². The number of carbonyl (C=O) groups is 2. The highest BCUT2D eigenvalue weighted by Gasteiger charge is 2.38. The van der Waals surface area contributed by atoms with Crippen molar-refractivity contribution in [1.29, 1.82) is 0 Å². The summed E-state index contributed by atoms with van der Waals surface area (Å²) in [5.41, 5.74) is 4.62. The van der Waals surface area contributed by atoms with Gasteiger partial charge in [0.1, 0.15) is 0 Å². The molecule has 1 aliphatic carbocycles. The van der Waals surface area contributed by atoms with Crippen molar-refractivity contribution in [3.63, 3.8) is 0 Å². The number of hydrogen-bond donors (Lipinski definition) is 2. The van der Waals surface area contributed by atoms with E-state index in [0.717, 1.165) is 37.3 Å². The predicted octanol–water partition coefficient (Wildman–Crippen LogP) is 4.59. The Labute approximate surface area is 172 Å². The quantitative estimate of drug-likeness (QED) is 0.762. The van der Waals surface area contributed by atoms with E-state index < -0.39 is 12.1 Å². The summed E-state index contributed by atoms with van der Waals surface area (Å²) in [5, 5.41) is 10.3. The van der Waals surface area contributed by atoms with Crippen LogP contribution in [-0.4, -0.2) is 36.2 Å². The van der Waals surface area contributed by atoms with Crippen LogP contribution in [0.2, 0.25) is 0 Å². The van der Waals surface area contributed by atoms with Gasteiger partial charge < -0.3 is 15.3 Å². The van der Waals surface area contributed by atoms with Gasteiger partial charge in [-0.3, -0.25) is 4.79 Å². The van der Waals surface area contributed by atoms with Gasteiger partial charge >= 0.3 is 12.1 Å². The third kappa shape index (κ3) is 5.11. The number of amides is 1. The number of anilines is 2. The lowest BCUT2D eigenvalue weighted by atomic mass is 10.0. The molecule has 4 rings (SSSR count). The number of fused-ring (bicyclic) bond motifs is 1. The number of nitrogens with zero attached hydrogens (tertiary/aromatic N) is 1. The molecule has 1 heterocycles. The lowest BCUT2D eigenvalue weighted by Gasteiger charge is -2.22. The van der Waals surface area contributed by atoms with Crippen LogP contribution in [0.1, 0.15) is 36.3 Å². The molecule has 1 saturated heterocycles. The molecule has 0 bridgehead atoms. The number of hydrogen-bond acceptors (Lipinski definition) is 3. The number of nitrogens with one attached hydrogen (secondary N) is 1. The maximum absolute atomic E-state index is 12.8. The van der Waals surface area contributed by atoms with E-state index in [0.29, 0.717) is 0 Å². The fourth-order valence-corrected chi connectivity index (χ4v) is 3.86. The van der Waals surface area contributed by atoms with E-state index in [1.54, 1.807) is 0 Å². The van der Waals surface area contributed by atoms with Crippen molar-refractivity contribution in [2.24, 2.45) is 0 Å². The second-order valence-electron chi connectivity index (χ2n) is 7.29. The summed E-state index contributed by atoms with van der Waals surface area (Å²) in [6.07, 6.45) is -0.699. The average molecular weight is 420 g/mol. The summed E-state index contributed by atoms with van der Waals surface area (Å²) in [6, 6.07) is 16.5. The van der Waals surface area contributed by atoms with Crippen molar-refractivity contribution in [1.82, 2.24) is 0 Å². The molecular formula is C22H23F3N2O3. The van der Waals surface area contributed by atoms with Gasteiger partial charge in [0.15, 0.2) is 0 Å². The van der Waals surface area contributed by atoms with Crippen LogP contribution >= 0.6 is 0 Å². The number of aryl methyl sites for hydroxylation is 1. The summed E-state index contributed by atoms with van der Waals surface area (Å²) in [4.78, 5) is 24.1. The second kappa shape index (κ2) is 9.19. The molecule has 0 radical (unpaired) electrons. The predicted molar refractivity (Wildman–Crippen MR) is 108 cm³/mol. The Hall–Kier alpha value is -3.03. The summed E-state index contributed by atoms with van der Waals surface area (Å²) in [5.74, 6) is -2.65. The molecule has 1 atom stereocenters. The highest BCUT2D eigenvalue weighted by molar-refractivity contribution is 5.99. The number of carboxylic acid groups (broad SMARTS) is 1. The van der Waals surface area contributed by atoms with E-state index >= 15 is 0 Å². The normalized spacial score (nSPS) is 17.7. The largest absolute Gasteiger partial charge is 0.490 e. The molecule has 1 unspecified atom stereocenters. The fraction of sp³-hybridized carbons (Fsp3) is 0.364. The third-order valence-corrected chi connectivity index (χ3v) is 5.30. The van der Waals surface area contributed by atoms with Gasteiger partial charge in [-0.1, -0.05) is 36.4 Å². The van der Waals surface area contributed by atoms with Crippen LogP contribution in [-0.2, 0) is 16.0 Å². The number of alkyl halides is 3. The topological polar surface area (TPSA) is 69.6 Å². The molecule has 2 N–H and O–H groups in total. The Kier molecular flexibility index (Phi) is 6.64. The lowest BCUT2D eigenvalue weighted by molar-refractivity contribution is -0.192. The molecule has 5 nitrogen and oxygen atoms in total. The monoisotopic (exact) mass is 420 g/mol. The molecular weight excluding hydrogens is 397 g/mol. The molecule has 0 saturated carbocycles. The first-order valence-electron chi connectivity index (χ1n) is 9.80. The van der Waals surface area contributed by atoms with Crippen molar-refractivity contribution in [3.05, 3.63) is 59.7 Å².